The molecule has 3 heteroatoms. The number of aromatic hydroxyl groups is 1. The van der Waals surface area contributed by atoms with Gasteiger partial charge in [0, 0.05) is 29.7 Å². The monoisotopic (exact) mass is 246 g/mol. The summed E-state index contributed by atoms with van der Waals surface area (Å²) in [5.74, 6) is 0.342. The van der Waals surface area contributed by atoms with Crippen molar-refractivity contribution in [1.82, 2.24) is 9.88 Å². The maximum atomic E-state index is 9.68. The maximum absolute atomic E-state index is 9.68. The number of phenols is 1. The summed E-state index contributed by atoms with van der Waals surface area (Å²) in [5.41, 5.74) is 3.83. The van der Waals surface area contributed by atoms with Crippen LogP contribution < -0.4 is 5.32 Å². The third kappa shape index (κ3) is 2.23. The lowest BCUT2D eigenvalue weighted by molar-refractivity contribution is 0.476. The first kappa shape index (κ1) is 13.0. The molecule has 2 rings (SSSR count). The summed E-state index contributed by atoms with van der Waals surface area (Å²) >= 11 is 0. The normalized spacial score (nSPS) is 11.3. The quantitative estimate of drug-likeness (QED) is 0.850. The molecule has 98 valence electrons. The molecule has 2 aromatic rings. The van der Waals surface area contributed by atoms with Gasteiger partial charge < -0.3 is 15.0 Å². The third-order valence-corrected chi connectivity index (χ3v) is 3.44. The molecular formula is C15H22N2O. The van der Waals surface area contributed by atoms with Crippen LogP contribution >= 0.6 is 0 Å². The van der Waals surface area contributed by atoms with Gasteiger partial charge >= 0.3 is 0 Å². The number of aromatic nitrogens is 1. The Balaban J connectivity index is 2.59. The van der Waals surface area contributed by atoms with Crippen LogP contribution in [0.2, 0.25) is 0 Å². The van der Waals surface area contributed by atoms with E-state index in [1.54, 1.807) is 6.07 Å². The number of hydrogen-bond donors (Lipinski definition) is 2. The summed E-state index contributed by atoms with van der Waals surface area (Å²) in [6.07, 6.45) is 1.12. The summed E-state index contributed by atoms with van der Waals surface area (Å²) in [6.45, 7) is 9.31. The van der Waals surface area contributed by atoms with E-state index in [-0.39, 0.29) is 0 Å². The van der Waals surface area contributed by atoms with Crippen LogP contribution in [-0.4, -0.2) is 16.2 Å². The molecule has 0 spiro atoms. The summed E-state index contributed by atoms with van der Waals surface area (Å²) in [6, 6.07) is 5.66. The molecule has 1 aromatic heterocycles. The fourth-order valence-corrected chi connectivity index (χ4v) is 2.52. The zero-order valence-electron chi connectivity index (χ0n) is 11.5. The van der Waals surface area contributed by atoms with E-state index in [9.17, 15) is 5.11 Å². The third-order valence-electron chi connectivity index (χ3n) is 3.44. The summed E-state index contributed by atoms with van der Waals surface area (Å²) in [4.78, 5) is 0. The largest absolute Gasteiger partial charge is 0.508 e. The van der Waals surface area contributed by atoms with E-state index in [1.165, 1.54) is 22.2 Å². The SMILES string of the molecule is CCCn1c(C)c(CNCC)c2cc(O)ccc21. The molecular weight excluding hydrogens is 224 g/mol. The van der Waals surface area contributed by atoms with E-state index in [1.807, 2.05) is 12.1 Å². The van der Waals surface area contributed by atoms with Gasteiger partial charge in [0.25, 0.3) is 0 Å². The smallest absolute Gasteiger partial charge is 0.116 e. The van der Waals surface area contributed by atoms with Crippen LogP contribution in [0.3, 0.4) is 0 Å². The van der Waals surface area contributed by atoms with Crippen molar-refractivity contribution in [3.8, 4) is 5.75 Å². The Morgan fingerprint density at radius 3 is 2.72 bits per heavy atom. The number of benzene rings is 1. The molecule has 18 heavy (non-hydrogen) atoms. The van der Waals surface area contributed by atoms with Crippen molar-refractivity contribution < 1.29 is 5.11 Å². The predicted molar refractivity (Wildman–Crippen MR) is 76.0 cm³/mol. The summed E-state index contributed by atoms with van der Waals surface area (Å²) < 4.78 is 2.35. The van der Waals surface area contributed by atoms with E-state index in [0.717, 1.165) is 26.1 Å². The zero-order chi connectivity index (χ0) is 13.1. The van der Waals surface area contributed by atoms with Gasteiger partial charge in [0.15, 0.2) is 0 Å². The minimum absolute atomic E-state index is 0.342. The molecule has 0 saturated heterocycles. The van der Waals surface area contributed by atoms with Gasteiger partial charge in [-0.05, 0) is 43.7 Å². The minimum atomic E-state index is 0.342. The number of nitrogens with one attached hydrogen (secondary N) is 1. The lowest BCUT2D eigenvalue weighted by Gasteiger charge is -2.07. The molecule has 0 saturated carbocycles. The van der Waals surface area contributed by atoms with E-state index >= 15 is 0 Å². The van der Waals surface area contributed by atoms with Crippen LogP contribution in [0.5, 0.6) is 5.75 Å². The number of rotatable bonds is 5. The molecule has 0 amide bonds. The first-order valence-electron chi connectivity index (χ1n) is 6.70. The maximum Gasteiger partial charge on any atom is 0.116 e. The van der Waals surface area contributed by atoms with Gasteiger partial charge in [-0.25, -0.2) is 0 Å². The highest BCUT2D eigenvalue weighted by Gasteiger charge is 2.13. The first-order valence-corrected chi connectivity index (χ1v) is 6.70. The molecule has 1 heterocycles. The second-order valence-electron chi connectivity index (χ2n) is 4.70. The van der Waals surface area contributed by atoms with Crippen LogP contribution in [0.15, 0.2) is 18.2 Å². The van der Waals surface area contributed by atoms with E-state index < -0.39 is 0 Å². The van der Waals surface area contributed by atoms with Gasteiger partial charge in [0.1, 0.15) is 5.75 Å². The Morgan fingerprint density at radius 2 is 2.06 bits per heavy atom. The highest BCUT2D eigenvalue weighted by molar-refractivity contribution is 5.86. The van der Waals surface area contributed by atoms with Crippen molar-refractivity contribution in [2.24, 2.45) is 0 Å². The van der Waals surface area contributed by atoms with Crippen LogP contribution in [0.25, 0.3) is 10.9 Å². The molecule has 1 aromatic carbocycles. The standard InChI is InChI=1S/C15H22N2O/c1-4-8-17-11(3)14(10-16-5-2)13-9-12(18)6-7-15(13)17/h6-7,9,16,18H,4-5,8,10H2,1-3H3. The molecule has 0 radical (unpaired) electrons. The fourth-order valence-electron chi connectivity index (χ4n) is 2.52. The van der Waals surface area contributed by atoms with Crippen molar-refractivity contribution >= 4 is 10.9 Å². The lowest BCUT2D eigenvalue weighted by atomic mass is 10.1. The number of fused-ring (bicyclic) bond motifs is 1. The molecule has 0 fully saturated rings. The summed E-state index contributed by atoms with van der Waals surface area (Å²) in [5, 5.41) is 14.2. The number of nitrogens with zero attached hydrogens (tertiary/aromatic N) is 1. The Kier molecular flexibility index (Phi) is 3.92. The molecule has 3 nitrogen and oxygen atoms in total. The van der Waals surface area contributed by atoms with Gasteiger partial charge in [-0.2, -0.15) is 0 Å². The van der Waals surface area contributed by atoms with Crippen LogP contribution in [0.1, 0.15) is 31.5 Å². The summed E-state index contributed by atoms with van der Waals surface area (Å²) in [7, 11) is 0. The second-order valence-corrected chi connectivity index (χ2v) is 4.70. The second kappa shape index (κ2) is 5.44. The zero-order valence-corrected chi connectivity index (χ0v) is 11.5. The van der Waals surface area contributed by atoms with Crippen molar-refractivity contribution in [3.63, 3.8) is 0 Å². The predicted octanol–water partition coefficient (Wildman–Crippen LogP) is 3.17. The number of aryl methyl sites for hydroxylation is 1. The molecule has 0 aliphatic heterocycles. The van der Waals surface area contributed by atoms with Crippen molar-refractivity contribution in [1.29, 1.82) is 0 Å². The van der Waals surface area contributed by atoms with E-state index in [0.29, 0.717) is 5.75 Å². The van der Waals surface area contributed by atoms with Crippen molar-refractivity contribution in [2.45, 2.75) is 40.3 Å². The Labute approximate surface area is 108 Å². The lowest BCUT2D eigenvalue weighted by Crippen LogP contribution is -2.12. The number of hydrogen-bond acceptors (Lipinski definition) is 2. The van der Waals surface area contributed by atoms with Gasteiger partial charge in [0.2, 0.25) is 0 Å². The molecule has 0 aliphatic rings. The van der Waals surface area contributed by atoms with Gasteiger partial charge in [-0.3, -0.25) is 0 Å². The molecule has 0 aliphatic carbocycles. The highest BCUT2D eigenvalue weighted by atomic mass is 16.3. The highest BCUT2D eigenvalue weighted by Crippen LogP contribution is 2.29. The Morgan fingerprint density at radius 1 is 1.28 bits per heavy atom. The fraction of sp³-hybridized carbons (Fsp3) is 0.467. The minimum Gasteiger partial charge on any atom is -0.508 e. The van der Waals surface area contributed by atoms with E-state index in [4.69, 9.17) is 0 Å². The van der Waals surface area contributed by atoms with Crippen LogP contribution in [0, 0.1) is 6.92 Å². The average Bonchev–Trinajstić information content (AvgIpc) is 2.60. The van der Waals surface area contributed by atoms with E-state index in [2.05, 4.69) is 30.7 Å². The Bertz CT molecular complexity index is 543. The van der Waals surface area contributed by atoms with Gasteiger partial charge in [-0.1, -0.05) is 13.8 Å². The van der Waals surface area contributed by atoms with Crippen LogP contribution in [-0.2, 0) is 13.1 Å². The van der Waals surface area contributed by atoms with Crippen molar-refractivity contribution in [3.05, 3.63) is 29.5 Å². The molecule has 2 N–H and O–H groups in total. The van der Waals surface area contributed by atoms with Gasteiger partial charge in [-0.15, -0.1) is 0 Å². The molecule has 0 unspecified atom stereocenters. The topological polar surface area (TPSA) is 37.2 Å². The van der Waals surface area contributed by atoms with Crippen molar-refractivity contribution in [2.75, 3.05) is 6.54 Å². The van der Waals surface area contributed by atoms with Crippen LogP contribution in [0.4, 0.5) is 0 Å². The Hall–Kier alpha value is -1.48. The number of phenolic OH excluding ortho intramolecular Hbond substituents is 1. The average molecular weight is 246 g/mol. The van der Waals surface area contributed by atoms with Gasteiger partial charge in [0.05, 0.1) is 0 Å². The molecule has 0 atom stereocenters. The first-order chi connectivity index (χ1) is 8.69. The molecule has 0 bridgehead atoms.